The maximum Gasteiger partial charge on any atom is 0.408 e. The van der Waals surface area contributed by atoms with Gasteiger partial charge in [-0.05, 0) is 73.4 Å². The average Bonchev–Trinajstić information content (AvgIpc) is 3.61. The van der Waals surface area contributed by atoms with Gasteiger partial charge in [0.2, 0.25) is 11.8 Å². The van der Waals surface area contributed by atoms with Crippen LogP contribution in [0.25, 0.3) is 0 Å². The van der Waals surface area contributed by atoms with Gasteiger partial charge in [-0.2, -0.15) is 0 Å². The van der Waals surface area contributed by atoms with E-state index in [2.05, 4.69) is 16.0 Å². The van der Waals surface area contributed by atoms with Crippen molar-refractivity contribution in [2.24, 2.45) is 11.8 Å². The minimum absolute atomic E-state index is 0.0658. The molecule has 4 atom stereocenters. The van der Waals surface area contributed by atoms with Crippen molar-refractivity contribution in [1.29, 1.82) is 0 Å². The molecule has 42 heavy (non-hydrogen) atoms. The van der Waals surface area contributed by atoms with Crippen LogP contribution in [-0.2, 0) is 24.5 Å². The van der Waals surface area contributed by atoms with E-state index >= 15 is 0 Å². The zero-order chi connectivity index (χ0) is 30.3. The van der Waals surface area contributed by atoms with Crippen LogP contribution in [0.15, 0.2) is 48.5 Å². The summed E-state index contributed by atoms with van der Waals surface area (Å²) in [5.41, 5.74) is 1.26. The number of halogens is 2. The summed E-state index contributed by atoms with van der Waals surface area (Å²) in [6, 6.07) is 13.1. The van der Waals surface area contributed by atoms with Crippen LogP contribution in [0.2, 0.25) is 10.0 Å². The van der Waals surface area contributed by atoms with E-state index in [9.17, 15) is 19.2 Å². The standard InChI is InChI=1S/C32H39Cl2N3O5/c1-20(2)16-27(30(40)36-26(19-38)17-22-12-15-35-29(22)39)37-31(41)42-28(21-8-10-24(33)11-9-21)32(13-3-4-14-32)23-6-5-7-25(34)18-23/h5-11,18-20,22,26-28H,3-4,12-17H2,1-2H3,(H,35,39)(H,36,40)(H,37,41)/t22-,26-,27-,28?/m0/s1. The molecule has 2 aromatic rings. The molecule has 3 amide bonds. The van der Waals surface area contributed by atoms with Crippen molar-refractivity contribution in [3.8, 4) is 0 Å². The van der Waals surface area contributed by atoms with Crippen molar-refractivity contribution in [2.75, 3.05) is 6.54 Å². The average molecular weight is 617 g/mol. The fourth-order valence-corrected chi connectivity index (χ4v) is 6.55. The number of benzene rings is 2. The number of ether oxygens (including phenoxy) is 1. The lowest BCUT2D eigenvalue weighted by Gasteiger charge is -2.38. The Balaban J connectivity index is 1.56. The number of hydrogen-bond acceptors (Lipinski definition) is 5. The summed E-state index contributed by atoms with van der Waals surface area (Å²) in [5.74, 6) is -0.887. The Kier molecular flexibility index (Phi) is 10.9. The van der Waals surface area contributed by atoms with Gasteiger partial charge in [0.1, 0.15) is 18.4 Å². The Morgan fingerprint density at radius 3 is 2.38 bits per heavy atom. The van der Waals surface area contributed by atoms with E-state index in [1.807, 2.05) is 50.2 Å². The minimum Gasteiger partial charge on any atom is -0.440 e. The summed E-state index contributed by atoms with van der Waals surface area (Å²) < 4.78 is 6.23. The maximum atomic E-state index is 13.6. The van der Waals surface area contributed by atoms with Crippen molar-refractivity contribution >= 4 is 47.4 Å². The second-order valence-corrected chi connectivity index (χ2v) is 12.7. The summed E-state index contributed by atoms with van der Waals surface area (Å²) in [7, 11) is 0. The Morgan fingerprint density at radius 2 is 1.79 bits per heavy atom. The Labute approximate surface area is 257 Å². The third kappa shape index (κ3) is 7.84. The normalized spacial score (nSPS) is 19.9. The maximum absolute atomic E-state index is 13.6. The molecule has 1 aliphatic carbocycles. The van der Waals surface area contributed by atoms with Crippen LogP contribution in [0.3, 0.4) is 0 Å². The molecule has 8 nitrogen and oxygen atoms in total. The first-order chi connectivity index (χ1) is 20.1. The largest absolute Gasteiger partial charge is 0.440 e. The molecule has 0 spiro atoms. The molecule has 0 aromatic heterocycles. The van der Waals surface area contributed by atoms with Crippen LogP contribution in [-0.4, -0.2) is 42.8 Å². The van der Waals surface area contributed by atoms with Crippen LogP contribution in [0.4, 0.5) is 4.79 Å². The van der Waals surface area contributed by atoms with Gasteiger partial charge in [0.25, 0.3) is 0 Å². The summed E-state index contributed by atoms with van der Waals surface area (Å²) in [5, 5.41) is 9.42. The third-order valence-electron chi connectivity index (χ3n) is 8.30. The number of alkyl carbamates (subject to hydrolysis) is 1. The summed E-state index contributed by atoms with van der Waals surface area (Å²) in [6.45, 7) is 4.44. The van der Waals surface area contributed by atoms with E-state index in [-0.39, 0.29) is 24.2 Å². The molecule has 2 aromatic carbocycles. The molecule has 0 radical (unpaired) electrons. The molecule has 2 aliphatic rings. The molecule has 2 fully saturated rings. The van der Waals surface area contributed by atoms with Gasteiger partial charge in [-0.15, -0.1) is 0 Å². The Hall–Kier alpha value is -3.10. The Bertz CT molecular complexity index is 1260. The molecule has 1 saturated carbocycles. The first-order valence-corrected chi connectivity index (χ1v) is 15.4. The van der Waals surface area contributed by atoms with E-state index in [1.54, 1.807) is 12.1 Å². The number of carbonyl (C=O) groups is 4. The van der Waals surface area contributed by atoms with Gasteiger partial charge in [0.05, 0.1) is 6.04 Å². The van der Waals surface area contributed by atoms with Gasteiger partial charge in [-0.25, -0.2) is 4.79 Å². The SMILES string of the molecule is CC(C)C[C@H](NC(=O)OC(c1ccc(Cl)cc1)C1(c2cccc(Cl)c2)CCCC1)C(=O)N[C@H](C=O)C[C@@H]1CCNC1=O. The minimum atomic E-state index is -0.936. The second kappa shape index (κ2) is 14.4. The monoisotopic (exact) mass is 615 g/mol. The van der Waals surface area contributed by atoms with Crippen LogP contribution in [0, 0.1) is 11.8 Å². The van der Waals surface area contributed by atoms with Crippen LogP contribution < -0.4 is 16.0 Å². The zero-order valence-electron chi connectivity index (χ0n) is 24.0. The Morgan fingerprint density at radius 1 is 1.07 bits per heavy atom. The van der Waals surface area contributed by atoms with Gasteiger partial charge in [-0.1, -0.05) is 74.2 Å². The van der Waals surface area contributed by atoms with Crippen LogP contribution in [0.1, 0.15) is 76.0 Å². The number of hydrogen-bond donors (Lipinski definition) is 3. The highest BCUT2D eigenvalue weighted by Gasteiger charge is 2.46. The van der Waals surface area contributed by atoms with Gasteiger partial charge in [0.15, 0.2) is 0 Å². The molecule has 1 unspecified atom stereocenters. The summed E-state index contributed by atoms with van der Waals surface area (Å²) >= 11 is 12.6. The molecule has 226 valence electrons. The highest BCUT2D eigenvalue weighted by Crippen LogP contribution is 2.52. The van der Waals surface area contributed by atoms with E-state index < -0.39 is 35.6 Å². The fourth-order valence-electron chi connectivity index (χ4n) is 6.24. The number of amides is 3. The predicted molar refractivity (Wildman–Crippen MR) is 162 cm³/mol. The number of rotatable bonds is 12. The van der Waals surface area contributed by atoms with Gasteiger partial charge in [-0.3, -0.25) is 9.59 Å². The molecule has 10 heteroatoms. The van der Waals surface area contributed by atoms with Gasteiger partial charge < -0.3 is 25.5 Å². The van der Waals surface area contributed by atoms with E-state index in [0.29, 0.717) is 35.7 Å². The van der Waals surface area contributed by atoms with E-state index in [1.165, 1.54) is 0 Å². The molecule has 1 heterocycles. The highest BCUT2D eigenvalue weighted by atomic mass is 35.5. The topological polar surface area (TPSA) is 114 Å². The van der Waals surface area contributed by atoms with Gasteiger partial charge >= 0.3 is 6.09 Å². The first kappa shape index (κ1) is 31.8. The molecular weight excluding hydrogens is 577 g/mol. The quantitative estimate of drug-likeness (QED) is 0.257. The van der Waals surface area contributed by atoms with Crippen molar-refractivity contribution in [3.05, 3.63) is 69.7 Å². The number of carbonyl (C=O) groups excluding carboxylic acids is 4. The number of nitrogens with one attached hydrogen (secondary N) is 3. The smallest absolute Gasteiger partial charge is 0.408 e. The van der Waals surface area contributed by atoms with E-state index in [0.717, 1.165) is 36.8 Å². The number of aldehydes is 1. The summed E-state index contributed by atoms with van der Waals surface area (Å²) in [6.07, 6.45) is 3.91. The second-order valence-electron chi connectivity index (χ2n) is 11.8. The fraction of sp³-hybridized carbons (Fsp3) is 0.500. The molecular formula is C32H39Cl2N3O5. The molecule has 0 bridgehead atoms. The molecule has 1 aliphatic heterocycles. The predicted octanol–water partition coefficient (Wildman–Crippen LogP) is 5.90. The van der Waals surface area contributed by atoms with Gasteiger partial charge in [0, 0.05) is 27.9 Å². The van der Waals surface area contributed by atoms with Crippen molar-refractivity contribution in [2.45, 2.75) is 82.4 Å². The van der Waals surface area contributed by atoms with Crippen LogP contribution in [0.5, 0.6) is 0 Å². The molecule has 1 saturated heterocycles. The van der Waals surface area contributed by atoms with Crippen LogP contribution >= 0.6 is 23.2 Å². The molecule has 3 N–H and O–H groups in total. The van der Waals surface area contributed by atoms with E-state index in [4.69, 9.17) is 27.9 Å². The molecule has 4 rings (SSSR count). The lowest BCUT2D eigenvalue weighted by molar-refractivity contribution is -0.127. The lowest BCUT2D eigenvalue weighted by Crippen LogP contribution is -2.51. The lowest BCUT2D eigenvalue weighted by atomic mass is 9.72. The first-order valence-electron chi connectivity index (χ1n) is 14.6. The highest BCUT2D eigenvalue weighted by molar-refractivity contribution is 6.30. The van der Waals surface area contributed by atoms with Crippen molar-refractivity contribution < 1.29 is 23.9 Å². The van der Waals surface area contributed by atoms with Crippen molar-refractivity contribution in [1.82, 2.24) is 16.0 Å². The summed E-state index contributed by atoms with van der Waals surface area (Å²) in [4.78, 5) is 50.7. The third-order valence-corrected chi connectivity index (χ3v) is 8.79. The zero-order valence-corrected chi connectivity index (χ0v) is 25.5. The van der Waals surface area contributed by atoms with Crippen molar-refractivity contribution in [3.63, 3.8) is 0 Å².